The molecule has 4 atom stereocenters. The van der Waals surface area contributed by atoms with E-state index in [-0.39, 0.29) is 50.4 Å². The highest BCUT2D eigenvalue weighted by atomic mass is 16.4. The fourth-order valence-corrected chi connectivity index (χ4v) is 4.15. The number of amides is 3. The molecule has 16 heteroatoms. The van der Waals surface area contributed by atoms with Crippen molar-refractivity contribution in [3.63, 3.8) is 0 Å². The Bertz CT molecular complexity index is 1200. The second-order valence-corrected chi connectivity index (χ2v) is 10.0. The van der Waals surface area contributed by atoms with E-state index in [1.807, 2.05) is 0 Å². The van der Waals surface area contributed by atoms with Gasteiger partial charge in [0.25, 0.3) is 0 Å². The molecule has 0 aliphatic carbocycles. The van der Waals surface area contributed by atoms with Gasteiger partial charge < -0.3 is 54.1 Å². The van der Waals surface area contributed by atoms with Gasteiger partial charge in [-0.05, 0) is 62.8 Å². The highest BCUT2D eigenvalue weighted by Gasteiger charge is 2.30. The average Bonchev–Trinajstić information content (AvgIpc) is 3.47. The average molecular weight is 603 g/mol. The molecule has 4 unspecified atom stereocenters. The second-order valence-electron chi connectivity index (χ2n) is 10.0. The first-order valence-corrected chi connectivity index (χ1v) is 13.9. The Balaban J connectivity index is 2.19. The third kappa shape index (κ3) is 12.8. The van der Waals surface area contributed by atoms with Crippen LogP contribution in [0.15, 0.2) is 41.8 Å². The number of nitrogens with two attached hydrogens (primary N) is 4. The molecule has 3 amide bonds. The number of benzene rings is 1. The number of aliphatic carboxylic acids is 1. The van der Waals surface area contributed by atoms with Crippen molar-refractivity contribution in [2.24, 2.45) is 27.9 Å². The fourth-order valence-electron chi connectivity index (χ4n) is 4.15. The minimum Gasteiger partial charge on any atom is -0.508 e. The van der Waals surface area contributed by atoms with Crippen LogP contribution >= 0.6 is 0 Å². The summed E-state index contributed by atoms with van der Waals surface area (Å²) in [5, 5.41) is 26.9. The van der Waals surface area contributed by atoms with Crippen molar-refractivity contribution in [1.29, 1.82) is 0 Å². The number of rotatable bonds is 19. The normalized spacial score (nSPS) is 13.6. The predicted molar refractivity (Wildman–Crippen MR) is 158 cm³/mol. The molecule has 2 aromatic rings. The summed E-state index contributed by atoms with van der Waals surface area (Å²) in [6, 6.07) is 1.67. The van der Waals surface area contributed by atoms with Crippen LogP contribution in [0.1, 0.15) is 43.4 Å². The SMILES string of the molecule is NCCCCC(NC(=O)C(CCCN=C(N)N)NC(=O)C(Cc1cnc[nH]1)NC(=O)C(N)Cc1ccc(O)cc1)C(=O)O. The van der Waals surface area contributed by atoms with Gasteiger partial charge >= 0.3 is 5.97 Å². The van der Waals surface area contributed by atoms with Crippen molar-refractivity contribution < 1.29 is 29.4 Å². The van der Waals surface area contributed by atoms with Gasteiger partial charge in [-0.15, -0.1) is 0 Å². The number of hydrogen-bond acceptors (Lipinski definition) is 9. The minimum atomic E-state index is -1.22. The first-order valence-electron chi connectivity index (χ1n) is 13.9. The first-order chi connectivity index (χ1) is 20.5. The van der Waals surface area contributed by atoms with Crippen LogP contribution in [-0.4, -0.2) is 87.1 Å². The number of phenolic OH excluding ortho intramolecular Hbond substituents is 1. The number of unbranched alkanes of at least 4 members (excludes halogenated alkanes) is 1. The Morgan fingerprint density at radius 3 is 2.12 bits per heavy atom. The number of phenols is 1. The number of aromatic nitrogens is 2. The number of guanidine groups is 1. The molecule has 43 heavy (non-hydrogen) atoms. The summed E-state index contributed by atoms with van der Waals surface area (Å²) in [5.41, 5.74) is 23.6. The van der Waals surface area contributed by atoms with Crippen molar-refractivity contribution in [2.45, 2.75) is 69.1 Å². The molecule has 0 saturated heterocycles. The number of carboxylic acid groups (broad SMARTS) is 1. The third-order valence-electron chi connectivity index (χ3n) is 6.48. The smallest absolute Gasteiger partial charge is 0.326 e. The van der Waals surface area contributed by atoms with Crippen LogP contribution in [0.3, 0.4) is 0 Å². The summed E-state index contributed by atoms with van der Waals surface area (Å²) >= 11 is 0. The highest BCUT2D eigenvalue weighted by molar-refractivity contribution is 5.94. The van der Waals surface area contributed by atoms with Gasteiger partial charge in [-0.1, -0.05) is 12.1 Å². The van der Waals surface area contributed by atoms with Crippen molar-refractivity contribution in [3.05, 3.63) is 48.0 Å². The number of nitrogens with one attached hydrogen (secondary N) is 4. The van der Waals surface area contributed by atoms with Crippen LogP contribution in [-0.2, 0) is 32.0 Å². The Labute approximate surface area is 249 Å². The number of hydrogen-bond donors (Lipinski definition) is 10. The molecule has 1 aromatic heterocycles. The maximum Gasteiger partial charge on any atom is 0.326 e. The zero-order valence-electron chi connectivity index (χ0n) is 23.9. The van der Waals surface area contributed by atoms with Crippen LogP contribution in [0.25, 0.3) is 0 Å². The number of imidazole rings is 1. The molecule has 236 valence electrons. The molecule has 0 spiro atoms. The minimum absolute atomic E-state index is 0.00266. The Morgan fingerprint density at radius 1 is 0.884 bits per heavy atom. The number of H-pyrrole nitrogens is 1. The summed E-state index contributed by atoms with van der Waals surface area (Å²) in [5.74, 6) is -3.32. The van der Waals surface area contributed by atoms with Crippen molar-refractivity contribution in [1.82, 2.24) is 25.9 Å². The van der Waals surface area contributed by atoms with Gasteiger partial charge in [0.15, 0.2) is 5.96 Å². The lowest BCUT2D eigenvalue weighted by Gasteiger charge is -2.25. The fraction of sp³-hybridized carbons (Fsp3) is 0.481. The number of nitrogens with zero attached hydrogens (tertiary/aromatic N) is 2. The van der Waals surface area contributed by atoms with Gasteiger partial charge in [0.2, 0.25) is 17.7 Å². The monoisotopic (exact) mass is 602 g/mol. The Morgan fingerprint density at radius 2 is 1.51 bits per heavy atom. The van der Waals surface area contributed by atoms with E-state index in [0.29, 0.717) is 30.6 Å². The summed E-state index contributed by atoms with van der Waals surface area (Å²) in [4.78, 5) is 62.2. The number of carboxylic acids is 1. The van der Waals surface area contributed by atoms with Crippen molar-refractivity contribution in [2.75, 3.05) is 13.1 Å². The molecule has 16 nitrogen and oxygen atoms in total. The van der Waals surface area contributed by atoms with Crippen LogP contribution in [0.4, 0.5) is 0 Å². The van der Waals surface area contributed by atoms with E-state index in [9.17, 15) is 29.4 Å². The summed E-state index contributed by atoms with van der Waals surface area (Å²) in [6.45, 7) is 0.549. The van der Waals surface area contributed by atoms with Gasteiger partial charge in [0.1, 0.15) is 23.9 Å². The molecule has 1 aromatic carbocycles. The largest absolute Gasteiger partial charge is 0.508 e. The lowest BCUT2D eigenvalue weighted by molar-refractivity contribution is -0.142. The summed E-state index contributed by atoms with van der Waals surface area (Å²) in [7, 11) is 0. The van der Waals surface area contributed by atoms with Gasteiger partial charge in [-0.3, -0.25) is 19.4 Å². The molecule has 0 aliphatic heterocycles. The van der Waals surface area contributed by atoms with E-state index in [0.717, 1.165) is 0 Å². The molecular weight excluding hydrogens is 560 g/mol. The summed E-state index contributed by atoms with van der Waals surface area (Å²) in [6.07, 6.45) is 4.64. The van der Waals surface area contributed by atoms with Crippen LogP contribution in [0.5, 0.6) is 5.75 Å². The van der Waals surface area contributed by atoms with Gasteiger partial charge in [-0.25, -0.2) is 9.78 Å². The van der Waals surface area contributed by atoms with Gasteiger partial charge in [0.05, 0.1) is 12.4 Å². The van der Waals surface area contributed by atoms with Gasteiger partial charge in [0, 0.05) is 24.9 Å². The second kappa shape index (κ2) is 18.0. The maximum absolute atomic E-state index is 13.5. The Kier molecular flexibility index (Phi) is 14.4. The summed E-state index contributed by atoms with van der Waals surface area (Å²) < 4.78 is 0. The standard InChI is InChI=1S/C27H42N10O6/c28-10-2-1-4-21(26(42)43)36-24(40)20(5-3-11-33-27(30)31)35-25(41)22(13-17-14-32-15-34-17)37-23(39)19(29)12-16-6-8-18(38)9-7-16/h6-9,14-15,19-22,38H,1-5,10-13,28-29H2,(H,32,34)(H,35,41)(H,36,40)(H,37,39)(H,42,43)(H4,30,31,33). The number of aliphatic imine (C=N–C) groups is 1. The van der Waals surface area contributed by atoms with Crippen molar-refractivity contribution >= 4 is 29.7 Å². The zero-order valence-corrected chi connectivity index (χ0v) is 23.9. The molecular formula is C27H42N10O6. The number of carbonyl (C=O) groups is 4. The van der Waals surface area contributed by atoms with Crippen LogP contribution < -0.4 is 38.9 Å². The highest BCUT2D eigenvalue weighted by Crippen LogP contribution is 2.11. The predicted octanol–water partition coefficient (Wildman–Crippen LogP) is -2.05. The quantitative estimate of drug-likeness (QED) is 0.0474. The van der Waals surface area contributed by atoms with E-state index in [1.165, 1.54) is 24.7 Å². The maximum atomic E-state index is 13.5. The first kappa shape index (κ1) is 34.5. The topological polar surface area (TPSA) is 290 Å². The molecule has 14 N–H and O–H groups in total. The zero-order chi connectivity index (χ0) is 31.8. The molecule has 2 rings (SSSR count). The molecule has 1 heterocycles. The van der Waals surface area contributed by atoms with Crippen LogP contribution in [0.2, 0.25) is 0 Å². The third-order valence-corrected chi connectivity index (χ3v) is 6.48. The van der Waals surface area contributed by atoms with Crippen LogP contribution in [0, 0.1) is 0 Å². The lowest BCUT2D eigenvalue weighted by Crippen LogP contribution is -2.57. The van der Waals surface area contributed by atoms with E-state index < -0.39 is 47.9 Å². The lowest BCUT2D eigenvalue weighted by atomic mass is 10.0. The number of aromatic hydroxyl groups is 1. The van der Waals surface area contributed by atoms with E-state index in [1.54, 1.807) is 12.1 Å². The van der Waals surface area contributed by atoms with E-state index in [2.05, 4.69) is 30.9 Å². The molecule has 0 fully saturated rings. The van der Waals surface area contributed by atoms with E-state index in [4.69, 9.17) is 22.9 Å². The van der Waals surface area contributed by atoms with Gasteiger partial charge in [-0.2, -0.15) is 0 Å². The number of aromatic amines is 1. The van der Waals surface area contributed by atoms with Crippen molar-refractivity contribution in [3.8, 4) is 5.75 Å². The molecule has 0 aliphatic rings. The molecule has 0 bridgehead atoms. The number of carbonyl (C=O) groups excluding carboxylic acids is 3. The Hall–Kier alpha value is -4.70. The molecule has 0 radical (unpaired) electrons. The molecule has 0 saturated carbocycles. The van der Waals surface area contributed by atoms with E-state index >= 15 is 0 Å².